The van der Waals surface area contributed by atoms with Crippen LogP contribution in [0.1, 0.15) is 5.69 Å². The first-order valence-corrected chi connectivity index (χ1v) is 3.50. The van der Waals surface area contributed by atoms with E-state index >= 15 is 0 Å². The summed E-state index contributed by atoms with van der Waals surface area (Å²) >= 11 is 3.13. The third-order valence-electron chi connectivity index (χ3n) is 0.867. The second-order valence-corrected chi connectivity index (χ2v) is 2.40. The number of nitriles is 1. The Balaban J connectivity index is 2.93. The van der Waals surface area contributed by atoms with Gasteiger partial charge in [0.2, 0.25) is 0 Å². The maximum absolute atomic E-state index is 8.10. The summed E-state index contributed by atoms with van der Waals surface area (Å²) in [6.07, 6.45) is 3.02. The highest BCUT2D eigenvalue weighted by molar-refractivity contribution is 9.10. The molecular weight excluding hydrogens is 206 g/mol. The summed E-state index contributed by atoms with van der Waals surface area (Å²) in [7, 11) is 0. The first-order valence-electron chi connectivity index (χ1n) is 2.70. The Morgan fingerprint density at radius 3 is 2.73 bits per heavy atom. The zero-order valence-corrected chi connectivity index (χ0v) is 6.96. The van der Waals surface area contributed by atoms with Gasteiger partial charge in [-0.25, -0.2) is 9.97 Å². The van der Waals surface area contributed by atoms with Crippen molar-refractivity contribution in [1.82, 2.24) is 9.97 Å². The van der Waals surface area contributed by atoms with Gasteiger partial charge >= 0.3 is 0 Å². The van der Waals surface area contributed by atoms with E-state index in [0.29, 0.717) is 10.3 Å². The molecule has 1 heterocycles. The minimum Gasteiger partial charge on any atom is -0.245 e. The van der Waals surface area contributed by atoms with Crippen LogP contribution in [0.4, 0.5) is 0 Å². The lowest BCUT2D eigenvalue weighted by atomic mass is 10.4. The molecule has 52 valence electrons. The number of hydrogen-bond acceptors (Lipinski definition) is 3. The van der Waals surface area contributed by atoms with Crippen LogP contribution >= 0.6 is 15.9 Å². The van der Waals surface area contributed by atoms with Crippen LogP contribution in [0.3, 0.4) is 0 Å². The third kappa shape index (κ3) is 2.37. The summed E-state index contributed by atoms with van der Waals surface area (Å²) in [5, 5.41) is 8.10. The molecule has 1 rings (SSSR count). The predicted octanol–water partition coefficient (Wildman–Crippen LogP) is 1.11. The van der Waals surface area contributed by atoms with E-state index in [4.69, 9.17) is 5.26 Å². The fourth-order valence-corrected chi connectivity index (χ4v) is 0.674. The lowest BCUT2D eigenvalue weighted by Gasteiger charge is -1.86. The van der Waals surface area contributed by atoms with Gasteiger partial charge in [0.15, 0.2) is 6.07 Å². The molecule has 0 aliphatic heterocycles. The molecule has 0 bridgehead atoms. The smallest absolute Gasteiger partial charge is 0.152 e. The Kier molecular flexibility index (Phi) is 2.59. The van der Waals surface area contributed by atoms with Gasteiger partial charge in [0.05, 0.1) is 12.4 Å². The SMILES string of the molecule is N#CC#Cc1cnc(Br)cn1. The second-order valence-electron chi connectivity index (χ2n) is 1.59. The van der Waals surface area contributed by atoms with Crippen LogP contribution in [-0.2, 0) is 0 Å². The topological polar surface area (TPSA) is 49.6 Å². The molecule has 0 aliphatic rings. The number of rotatable bonds is 0. The average molecular weight is 208 g/mol. The minimum atomic E-state index is 0.495. The molecule has 1 aromatic rings. The molecule has 0 spiro atoms. The van der Waals surface area contributed by atoms with Crippen molar-refractivity contribution in [2.45, 2.75) is 0 Å². The van der Waals surface area contributed by atoms with Crippen molar-refractivity contribution in [1.29, 1.82) is 5.26 Å². The molecule has 0 radical (unpaired) electrons. The molecule has 1 aromatic heterocycles. The third-order valence-corrected chi connectivity index (χ3v) is 1.28. The Hall–Kier alpha value is -1.39. The number of hydrogen-bond donors (Lipinski definition) is 0. The summed E-state index contributed by atoms with van der Waals surface area (Å²) in [6, 6.07) is 1.69. The van der Waals surface area contributed by atoms with E-state index in [1.807, 2.05) is 0 Å². The monoisotopic (exact) mass is 207 g/mol. The molecule has 0 fully saturated rings. The molecule has 0 unspecified atom stereocenters. The normalized spacial score (nSPS) is 7.64. The molecular formula is C7H2BrN3. The number of nitrogens with zero attached hydrogens (tertiary/aromatic N) is 3. The summed E-state index contributed by atoms with van der Waals surface area (Å²) in [6.45, 7) is 0. The highest BCUT2D eigenvalue weighted by atomic mass is 79.9. The van der Waals surface area contributed by atoms with Gasteiger partial charge in [-0.15, -0.1) is 0 Å². The van der Waals surface area contributed by atoms with Gasteiger partial charge in [0.1, 0.15) is 10.3 Å². The molecule has 0 aliphatic carbocycles. The van der Waals surface area contributed by atoms with E-state index in [0.717, 1.165) is 0 Å². The first-order chi connectivity index (χ1) is 5.33. The van der Waals surface area contributed by atoms with Crippen molar-refractivity contribution in [3.63, 3.8) is 0 Å². The van der Waals surface area contributed by atoms with E-state index in [1.54, 1.807) is 6.07 Å². The van der Waals surface area contributed by atoms with Crippen molar-refractivity contribution >= 4 is 15.9 Å². The molecule has 0 amide bonds. The van der Waals surface area contributed by atoms with Crippen molar-refractivity contribution in [2.24, 2.45) is 0 Å². The molecule has 0 aromatic carbocycles. The van der Waals surface area contributed by atoms with Crippen LogP contribution in [0.2, 0.25) is 0 Å². The predicted molar refractivity (Wildman–Crippen MR) is 42.2 cm³/mol. The lowest BCUT2D eigenvalue weighted by molar-refractivity contribution is 1.14. The van der Waals surface area contributed by atoms with Gasteiger partial charge in [-0.2, -0.15) is 5.26 Å². The highest BCUT2D eigenvalue weighted by Crippen LogP contribution is 2.01. The molecule has 3 nitrogen and oxygen atoms in total. The largest absolute Gasteiger partial charge is 0.245 e. The van der Waals surface area contributed by atoms with Gasteiger partial charge in [-0.05, 0) is 21.9 Å². The van der Waals surface area contributed by atoms with Crippen molar-refractivity contribution < 1.29 is 0 Å². The van der Waals surface area contributed by atoms with Crippen molar-refractivity contribution in [3.05, 3.63) is 22.7 Å². The van der Waals surface area contributed by atoms with E-state index in [2.05, 4.69) is 37.7 Å². The lowest BCUT2D eigenvalue weighted by Crippen LogP contribution is -1.83. The standard InChI is InChI=1S/C7H2BrN3/c8-7-5-10-6(4-11-7)2-1-3-9/h4-5H. The van der Waals surface area contributed by atoms with Gasteiger partial charge in [0.25, 0.3) is 0 Å². The quantitative estimate of drug-likeness (QED) is 0.600. The Morgan fingerprint density at radius 1 is 1.36 bits per heavy atom. The average Bonchev–Trinajstić information content (AvgIpc) is 2.04. The maximum Gasteiger partial charge on any atom is 0.152 e. The Labute approximate surface area is 72.2 Å². The van der Waals surface area contributed by atoms with Crippen LogP contribution in [-0.4, -0.2) is 9.97 Å². The second kappa shape index (κ2) is 3.70. The summed E-state index contributed by atoms with van der Waals surface area (Å²) < 4.78 is 0.653. The van der Waals surface area contributed by atoms with E-state index in [-0.39, 0.29) is 0 Å². The maximum atomic E-state index is 8.10. The van der Waals surface area contributed by atoms with E-state index in [1.165, 1.54) is 12.4 Å². The molecule has 11 heavy (non-hydrogen) atoms. The summed E-state index contributed by atoms with van der Waals surface area (Å²) in [5.74, 6) is 4.74. The highest BCUT2D eigenvalue weighted by Gasteiger charge is 1.88. The molecule has 4 heteroatoms. The molecule has 0 N–H and O–H groups in total. The number of halogens is 1. The van der Waals surface area contributed by atoms with Crippen LogP contribution in [0.5, 0.6) is 0 Å². The summed E-state index contributed by atoms with van der Waals surface area (Å²) in [4.78, 5) is 7.76. The fraction of sp³-hybridized carbons (Fsp3) is 0. The summed E-state index contributed by atoms with van der Waals surface area (Å²) in [5.41, 5.74) is 0.495. The van der Waals surface area contributed by atoms with Crippen molar-refractivity contribution in [2.75, 3.05) is 0 Å². The van der Waals surface area contributed by atoms with Crippen LogP contribution in [0.25, 0.3) is 0 Å². The Morgan fingerprint density at radius 2 is 2.18 bits per heavy atom. The van der Waals surface area contributed by atoms with Gasteiger partial charge in [-0.1, -0.05) is 0 Å². The van der Waals surface area contributed by atoms with E-state index in [9.17, 15) is 0 Å². The van der Waals surface area contributed by atoms with Crippen LogP contribution in [0, 0.1) is 23.2 Å². The van der Waals surface area contributed by atoms with Gasteiger partial charge in [-0.3, -0.25) is 0 Å². The minimum absolute atomic E-state index is 0.495. The zero-order valence-electron chi connectivity index (χ0n) is 5.37. The van der Waals surface area contributed by atoms with Gasteiger partial charge < -0.3 is 0 Å². The number of aromatic nitrogens is 2. The molecule has 0 atom stereocenters. The Bertz CT molecular complexity index is 339. The zero-order chi connectivity index (χ0) is 8.10. The van der Waals surface area contributed by atoms with Crippen LogP contribution < -0.4 is 0 Å². The van der Waals surface area contributed by atoms with Crippen molar-refractivity contribution in [3.8, 4) is 17.9 Å². The van der Waals surface area contributed by atoms with Gasteiger partial charge in [0, 0.05) is 5.92 Å². The molecule has 0 saturated carbocycles. The molecule has 0 saturated heterocycles. The fourth-order valence-electron chi connectivity index (χ4n) is 0.469. The van der Waals surface area contributed by atoms with Crippen LogP contribution in [0.15, 0.2) is 17.0 Å². The first kappa shape index (κ1) is 7.71. The van der Waals surface area contributed by atoms with E-state index < -0.39 is 0 Å².